The van der Waals surface area contributed by atoms with E-state index in [9.17, 15) is 12.8 Å². The van der Waals surface area contributed by atoms with Crippen molar-refractivity contribution in [2.24, 2.45) is 0 Å². The summed E-state index contributed by atoms with van der Waals surface area (Å²) in [5.74, 6) is 0.449. The number of halogens is 1. The quantitative estimate of drug-likeness (QED) is 0.801. The Balaban J connectivity index is 1.78. The van der Waals surface area contributed by atoms with E-state index in [4.69, 9.17) is 9.47 Å². The molecule has 1 fully saturated rings. The fraction of sp³-hybridized carbons (Fsp3) is 0.375. The molecule has 1 saturated heterocycles. The van der Waals surface area contributed by atoms with Gasteiger partial charge in [0.1, 0.15) is 28.4 Å². The van der Waals surface area contributed by atoms with Gasteiger partial charge in [0.25, 0.3) is 0 Å². The van der Waals surface area contributed by atoms with Gasteiger partial charge in [-0.3, -0.25) is 0 Å². The van der Waals surface area contributed by atoms with Crippen LogP contribution in [-0.2, 0) is 10.0 Å². The van der Waals surface area contributed by atoms with Crippen LogP contribution < -0.4 is 9.47 Å². The predicted octanol–water partition coefficient (Wildman–Crippen LogP) is 1.77. The van der Waals surface area contributed by atoms with Gasteiger partial charge in [0.15, 0.2) is 0 Å². The molecule has 0 unspecified atom stereocenters. The van der Waals surface area contributed by atoms with Crippen molar-refractivity contribution in [1.29, 1.82) is 0 Å². The third-order valence-electron chi connectivity index (χ3n) is 3.89. The Morgan fingerprint density at radius 2 is 2.12 bits per heavy atom. The highest BCUT2D eigenvalue weighted by molar-refractivity contribution is 7.89. The third-order valence-corrected chi connectivity index (χ3v) is 5.78. The molecule has 1 atom stereocenters. The van der Waals surface area contributed by atoms with Crippen LogP contribution in [0.15, 0.2) is 35.4 Å². The number of hydrogen-bond donors (Lipinski definition) is 0. The average Bonchev–Trinajstić information content (AvgIpc) is 3.04. The molecule has 0 spiro atoms. The van der Waals surface area contributed by atoms with Gasteiger partial charge < -0.3 is 9.47 Å². The zero-order chi connectivity index (χ0) is 18.0. The van der Waals surface area contributed by atoms with Crippen LogP contribution in [0.1, 0.15) is 12.2 Å². The first-order chi connectivity index (χ1) is 11.9. The minimum Gasteiger partial charge on any atom is -0.495 e. The van der Waals surface area contributed by atoms with E-state index in [0.29, 0.717) is 18.1 Å². The molecule has 134 valence electrons. The molecule has 0 N–H and O–H groups in total. The number of methoxy groups -OCH3 is 1. The normalized spacial score (nSPS) is 18.3. The summed E-state index contributed by atoms with van der Waals surface area (Å²) in [4.78, 5) is 7.95. The summed E-state index contributed by atoms with van der Waals surface area (Å²) in [6.45, 7) is 2.18. The number of benzene rings is 1. The summed E-state index contributed by atoms with van der Waals surface area (Å²) in [5, 5.41) is 0. The maximum atomic E-state index is 13.5. The van der Waals surface area contributed by atoms with Crippen molar-refractivity contribution in [3.05, 3.63) is 42.1 Å². The van der Waals surface area contributed by atoms with E-state index >= 15 is 0 Å². The Morgan fingerprint density at radius 3 is 2.84 bits per heavy atom. The van der Waals surface area contributed by atoms with Crippen molar-refractivity contribution >= 4 is 10.0 Å². The van der Waals surface area contributed by atoms with Gasteiger partial charge in [0.05, 0.1) is 13.7 Å². The number of rotatable bonds is 5. The highest BCUT2D eigenvalue weighted by Gasteiger charge is 2.35. The van der Waals surface area contributed by atoms with Gasteiger partial charge in [0.2, 0.25) is 15.9 Å². The molecule has 1 aliphatic rings. The van der Waals surface area contributed by atoms with E-state index in [1.54, 1.807) is 19.2 Å². The minimum atomic E-state index is -3.88. The lowest BCUT2D eigenvalue weighted by Crippen LogP contribution is -2.31. The average molecular weight is 367 g/mol. The second-order valence-corrected chi connectivity index (χ2v) is 7.54. The van der Waals surface area contributed by atoms with Gasteiger partial charge in [-0.1, -0.05) is 0 Å². The van der Waals surface area contributed by atoms with Gasteiger partial charge in [0, 0.05) is 18.8 Å². The van der Waals surface area contributed by atoms with Gasteiger partial charge >= 0.3 is 0 Å². The van der Waals surface area contributed by atoms with Crippen molar-refractivity contribution < 1.29 is 22.3 Å². The summed E-state index contributed by atoms with van der Waals surface area (Å²) in [7, 11) is -2.53. The SMILES string of the molecule is COc1ccc(F)cc1S(=O)(=O)N1CC[C@H](Oc2ccnc(C)n2)C1. The number of sulfonamides is 1. The van der Waals surface area contributed by atoms with Crippen LogP contribution in [0.25, 0.3) is 0 Å². The van der Waals surface area contributed by atoms with E-state index in [1.165, 1.54) is 17.5 Å². The van der Waals surface area contributed by atoms with Crippen molar-refractivity contribution in [1.82, 2.24) is 14.3 Å². The number of aryl methyl sites for hydroxylation is 1. The monoisotopic (exact) mass is 367 g/mol. The fourth-order valence-electron chi connectivity index (χ4n) is 2.67. The molecule has 25 heavy (non-hydrogen) atoms. The van der Waals surface area contributed by atoms with Crippen molar-refractivity contribution in [3.63, 3.8) is 0 Å². The minimum absolute atomic E-state index is 0.109. The maximum absolute atomic E-state index is 13.5. The first-order valence-corrected chi connectivity index (χ1v) is 9.14. The smallest absolute Gasteiger partial charge is 0.246 e. The molecule has 0 radical (unpaired) electrons. The standard InChI is InChI=1S/C16H18FN3O4S/c1-11-18-7-5-16(19-11)24-13-6-8-20(10-13)25(21,22)15-9-12(17)3-4-14(15)23-2/h3-5,7,9,13H,6,8,10H2,1-2H3/t13-/m0/s1. The second kappa shape index (κ2) is 6.93. The van der Waals surface area contributed by atoms with E-state index in [-0.39, 0.29) is 29.8 Å². The lowest BCUT2D eigenvalue weighted by atomic mass is 10.3. The fourth-order valence-corrected chi connectivity index (χ4v) is 4.33. The van der Waals surface area contributed by atoms with E-state index in [1.807, 2.05) is 0 Å². The van der Waals surface area contributed by atoms with Crippen LogP contribution >= 0.6 is 0 Å². The molecule has 0 amide bonds. The van der Waals surface area contributed by atoms with E-state index in [2.05, 4.69) is 9.97 Å². The third kappa shape index (κ3) is 3.72. The molecular weight excluding hydrogens is 349 g/mol. The van der Waals surface area contributed by atoms with Gasteiger partial charge in [-0.15, -0.1) is 0 Å². The van der Waals surface area contributed by atoms with Gasteiger partial charge in [-0.05, 0) is 31.5 Å². The summed E-state index contributed by atoms with van der Waals surface area (Å²) >= 11 is 0. The zero-order valence-electron chi connectivity index (χ0n) is 13.8. The van der Waals surface area contributed by atoms with Crippen LogP contribution in [0.3, 0.4) is 0 Å². The Kier molecular flexibility index (Phi) is 4.87. The molecule has 7 nitrogen and oxygen atoms in total. The molecule has 1 aliphatic heterocycles. The Hall–Kier alpha value is -2.26. The van der Waals surface area contributed by atoms with E-state index in [0.717, 1.165) is 12.1 Å². The van der Waals surface area contributed by atoms with Crippen LogP contribution in [0.5, 0.6) is 11.6 Å². The Morgan fingerprint density at radius 1 is 1.32 bits per heavy atom. The molecular formula is C16H18FN3O4S. The molecule has 2 heterocycles. The number of hydrogen-bond acceptors (Lipinski definition) is 6. The van der Waals surface area contributed by atoms with Crippen molar-refractivity contribution in [2.45, 2.75) is 24.3 Å². The highest BCUT2D eigenvalue weighted by atomic mass is 32.2. The summed E-state index contributed by atoms with van der Waals surface area (Å²) in [6, 6.07) is 5.05. The van der Waals surface area contributed by atoms with Crippen LogP contribution in [0, 0.1) is 12.7 Å². The molecule has 0 bridgehead atoms. The molecule has 9 heteroatoms. The first-order valence-electron chi connectivity index (χ1n) is 7.70. The predicted molar refractivity (Wildman–Crippen MR) is 87.5 cm³/mol. The zero-order valence-corrected chi connectivity index (χ0v) is 14.7. The molecule has 1 aromatic carbocycles. The summed E-state index contributed by atoms with van der Waals surface area (Å²) in [6.07, 6.45) is 1.77. The Labute approximate surface area is 145 Å². The molecule has 3 rings (SSSR count). The van der Waals surface area contributed by atoms with Gasteiger partial charge in [-0.2, -0.15) is 9.29 Å². The number of aromatic nitrogens is 2. The summed E-state index contributed by atoms with van der Waals surface area (Å²) in [5.41, 5.74) is 0. The van der Waals surface area contributed by atoms with E-state index < -0.39 is 15.8 Å². The van der Waals surface area contributed by atoms with Crippen LogP contribution in [-0.4, -0.2) is 49.0 Å². The first kappa shape index (κ1) is 17.6. The highest BCUT2D eigenvalue weighted by Crippen LogP contribution is 2.30. The molecule has 2 aromatic rings. The van der Waals surface area contributed by atoms with Gasteiger partial charge in [-0.25, -0.2) is 17.8 Å². The molecule has 0 aliphatic carbocycles. The topological polar surface area (TPSA) is 81.6 Å². The largest absolute Gasteiger partial charge is 0.495 e. The van der Waals surface area contributed by atoms with Crippen LogP contribution in [0.2, 0.25) is 0 Å². The number of ether oxygens (including phenoxy) is 2. The van der Waals surface area contributed by atoms with Crippen molar-refractivity contribution in [3.8, 4) is 11.6 Å². The maximum Gasteiger partial charge on any atom is 0.246 e. The van der Waals surface area contributed by atoms with Crippen molar-refractivity contribution in [2.75, 3.05) is 20.2 Å². The lowest BCUT2D eigenvalue weighted by Gasteiger charge is -2.18. The molecule has 0 saturated carbocycles. The second-order valence-electron chi connectivity index (χ2n) is 5.63. The molecule has 1 aromatic heterocycles. The van der Waals surface area contributed by atoms with Crippen LogP contribution in [0.4, 0.5) is 4.39 Å². The Bertz CT molecular complexity index is 875. The summed E-state index contributed by atoms with van der Waals surface area (Å²) < 4.78 is 51.2. The lowest BCUT2D eigenvalue weighted by molar-refractivity contribution is 0.206. The number of nitrogens with zero attached hydrogens (tertiary/aromatic N) is 3.